The van der Waals surface area contributed by atoms with Crippen molar-refractivity contribution in [3.8, 4) is 11.4 Å². The van der Waals surface area contributed by atoms with Crippen LogP contribution in [-0.4, -0.2) is 61.8 Å². The van der Waals surface area contributed by atoms with Gasteiger partial charge in [0, 0.05) is 16.8 Å². The molecule has 1 aromatic carbocycles. The number of aliphatic imine (C=N–C) groups is 1. The molecule has 37 heavy (non-hydrogen) atoms. The van der Waals surface area contributed by atoms with E-state index >= 15 is 0 Å². The fourth-order valence-corrected chi connectivity index (χ4v) is 3.60. The maximum absolute atomic E-state index is 14.3. The molecule has 16 heteroatoms. The molecule has 4 rings (SSSR count). The fraction of sp³-hybridized carbons (Fsp3) is 0.286. The first-order valence-electron chi connectivity index (χ1n) is 10.5. The minimum Gasteiger partial charge on any atom is -0.463 e. The van der Waals surface area contributed by atoms with Crippen LogP contribution in [0.25, 0.3) is 11.4 Å². The Kier molecular flexibility index (Phi) is 7.29. The van der Waals surface area contributed by atoms with Gasteiger partial charge in [-0.05, 0) is 30.3 Å². The maximum atomic E-state index is 14.3. The van der Waals surface area contributed by atoms with E-state index in [1.54, 1.807) is 0 Å². The minimum atomic E-state index is -4.99. The van der Waals surface area contributed by atoms with E-state index in [9.17, 15) is 32.3 Å². The molecule has 196 valence electrons. The summed E-state index contributed by atoms with van der Waals surface area (Å²) in [6.45, 7) is -1.50. The number of aliphatic hydroxyl groups is 1. The molecule has 1 unspecified atom stereocenters. The van der Waals surface area contributed by atoms with Crippen molar-refractivity contribution < 1.29 is 32.2 Å². The van der Waals surface area contributed by atoms with E-state index in [1.165, 1.54) is 36.5 Å². The normalized spacial score (nSPS) is 16.6. The lowest BCUT2D eigenvalue weighted by molar-refractivity contribution is -0.207. The molecule has 0 saturated heterocycles. The van der Waals surface area contributed by atoms with E-state index in [-0.39, 0.29) is 29.5 Å². The van der Waals surface area contributed by atoms with Crippen LogP contribution in [0.15, 0.2) is 52.5 Å². The molecule has 0 aliphatic carbocycles. The first kappa shape index (κ1) is 26.2. The van der Waals surface area contributed by atoms with Gasteiger partial charge in [-0.25, -0.2) is 34.1 Å². The van der Waals surface area contributed by atoms with Gasteiger partial charge in [0.05, 0.1) is 32.1 Å². The van der Waals surface area contributed by atoms with E-state index in [0.717, 1.165) is 23.0 Å². The van der Waals surface area contributed by atoms with Crippen molar-refractivity contribution >= 4 is 29.1 Å². The van der Waals surface area contributed by atoms with Gasteiger partial charge in [-0.1, -0.05) is 11.6 Å². The summed E-state index contributed by atoms with van der Waals surface area (Å²) in [5.41, 5.74) is 1.89. The number of amidine groups is 1. The third-order valence-electron chi connectivity index (χ3n) is 5.23. The van der Waals surface area contributed by atoms with Gasteiger partial charge >= 0.3 is 17.8 Å². The Morgan fingerprint density at radius 2 is 1.97 bits per heavy atom. The molecular weight excluding hydrogens is 526 g/mol. The molecule has 3 heterocycles. The van der Waals surface area contributed by atoms with E-state index in [4.69, 9.17) is 16.3 Å². The Balaban J connectivity index is 1.70. The number of hydrazine groups is 1. The highest BCUT2D eigenvalue weighted by molar-refractivity contribution is 6.41. The summed E-state index contributed by atoms with van der Waals surface area (Å²) in [6.07, 6.45) is -6.71. The number of anilines is 1. The van der Waals surface area contributed by atoms with Gasteiger partial charge in [-0.2, -0.15) is 13.2 Å². The smallest absolute Gasteiger partial charge is 0.416 e. The van der Waals surface area contributed by atoms with E-state index in [0.29, 0.717) is 9.59 Å². The van der Waals surface area contributed by atoms with Crippen LogP contribution in [0.2, 0.25) is 5.02 Å². The number of carbonyl (C=O) groups excluding carboxylic acids is 1. The molecule has 1 aliphatic heterocycles. The molecule has 0 amide bonds. The molecule has 0 bridgehead atoms. The zero-order chi connectivity index (χ0) is 26.9. The van der Waals surface area contributed by atoms with Crippen LogP contribution in [0.3, 0.4) is 0 Å². The zero-order valence-corrected chi connectivity index (χ0v) is 19.6. The molecule has 0 saturated carbocycles. The summed E-state index contributed by atoms with van der Waals surface area (Å²) in [6, 6.07) is 7.07. The van der Waals surface area contributed by atoms with Crippen LogP contribution >= 0.6 is 11.6 Å². The Morgan fingerprint density at radius 3 is 2.59 bits per heavy atom. The number of esters is 1. The van der Waals surface area contributed by atoms with Gasteiger partial charge in [0.25, 0.3) is 0 Å². The first-order valence-corrected chi connectivity index (χ1v) is 10.9. The molecule has 3 aromatic rings. The van der Waals surface area contributed by atoms with Crippen LogP contribution in [0.1, 0.15) is 0 Å². The zero-order valence-electron chi connectivity index (χ0n) is 18.9. The highest BCUT2D eigenvalue weighted by atomic mass is 35.5. The minimum absolute atomic E-state index is 0.116. The number of aromatic nitrogens is 4. The van der Waals surface area contributed by atoms with Gasteiger partial charge in [0.2, 0.25) is 5.84 Å². The van der Waals surface area contributed by atoms with Crippen molar-refractivity contribution in [2.75, 3.05) is 12.1 Å². The van der Waals surface area contributed by atoms with Crippen molar-refractivity contribution in [2.45, 2.75) is 31.5 Å². The number of nitrogens with zero attached hydrogens (tertiary/aromatic N) is 6. The van der Waals surface area contributed by atoms with Crippen molar-refractivity contribution in [3.63, 3.8) is 0 Å². The molecule has 2 aromatic heterocycles. The standard InChI is InChI=1S/C21H18ClF4N7O4/c1-37-19(35)18-28-16(29-33(18)14-6-7-27-8-13(14)23)10-32-20(36)31(9-15(34)21(24,25)26)17(30-32)11-2-4-12(22)5-3-11/h2-8,15-16,29,34H,9-10H2,1H3/t15-,16?/m0/s1. The van der Waals surface area contributed by atoms with Crippen LogP contribution < -0.4 is 16.1 Å². The van der Waals surface area contributed by atoms with Gasteiger partial charge in [0.1, 0.15) is 6.17 Å². The number of methoxy groups -OCH3 is 1. The Morgan fingerprint density at radius 1 is 1.27 bits per heavy atom. The van der Waals surface area contributed by atoms with Gasteiger partial charge < -0.3 is 9.84 Å². The quantitative estimate of drug-likeness (QED) is 0.341. The second-order valence-electron chi connectivity index (χ2n) is 7.71. The highest BCUT2D eigenvalue weighted by Gasteiger charge is 2.40. The number of halogens is 5. The summed E-state index contributed by atoms with van der Waals surface area (Å²) in [5.74, 6) is -2.22. The topological polar surface area (TPSA) is 127 Å². The predicted molar refractivity (Wildman–Crippen MR) is 122 cm³/mol. The van der Waals surface area contributed by atoms with Crippen LogP contribution in [0.5, 0.6) is 0 Å². The summed E-state index contributed by atoms with van der Waals surface area (Å²) < 4.78 is 59.7. The van der Waals surface area contributed by atoms with Crippen molar-refractivity contribution in [1.29, 1.82) is 0 Å². The molecule has 2 atom stereocenters. The number of aliphatic hydroxyl groups excluding tert-OH is 1. The molecule has 0 radical (unpaired) electrons. The molecule has 0 fully saturated rings. The van der Waals surface area contributed by atoms with E-state index < -0.39 is 42.5 Å². The monoisotopic (exact) mass is 543 g/mol. The largest absolute Gasteiger partial charge is 0.463 e. The number of hydrogen-bond acceptors (Lipinski definition) is 9. The number of ether oxygens (including phenoxy) is 1. The third-order valence-corrected chi connectivity index (χ3v) is 5.48. The van der Waals surface area contributed by atoms with Crippen LogP contribution in [-0.2, 0) is 22.6 Å². The summed E-state index contributed by atoms with van der Waals surface area (Å²) in [4.78, 5) is 33.1. The molecule has 2 N–H and O–H groups in total. The second kappa shape index (κ2) is 10.3. The summed E-state index contributed by atoms with van der Waals surface area (Å²) in [5, 5.41) is 15.1. The predicted octanol–water partition coefficient (Wildman–Crippen LogP) is 1.74. The van der Waals surface area contributed by atoms with Crippen molar-refractivity contribution in [1.82, 2.24) is 24.8 Å². The van der Waals surface area contributed by atoms with E-state index in [2.05, 4.69) is 20.5 Å². The number of pyridine rings is 1. The fourth-order valence-electron chi connectivity index (χ4n) is 3.47. The lowest BCUT2D eigenvalue weighted by Gasteiger charge is -2.20. The van der Waals surface area contributed by atoms with Crippen molar-refractivity contribution in [2.24, 2.45) is 4.99 Å². The maximum Gasteiger partial charge on any atom is 0.416 e. The Bertz CT molecular complexity index is 1390. The van der Waals surface area contributed by atoms with Gasteiger partial charge in [0.15, 0.2) is 17.7 Å². The first-order chi connectivity index (χ1) is 17.5. The Hall–Kier alpha value is -3.82. The number of rotatable bonds is 7. The van der Waals surface area contributed by atoms with Crippen molar-refractivity contribution in [3.05, 3.63) is 64.0 Å². The number of benzene rings is 1. The molecule has 0 spiro atoms. The van der Waals surface area contributed by atoms with Crippen LogP contribution in [0, 0.1) is 5.82 Å². The number of hydrogen-bond donors (Lipinski definition) is 2. The molecule has 11 nitrogen and oxygen atoms in total. The average molecular weight is 544 g/mol. The summed E-state index contributed by atoms with van der Waals surface area (Å²) in [7, 11) is 1.09. The molecule has 1 aliphatic rings. The highest BCUT2D eigenvalue weighted by Crippen LogP contribution is 2.25. The lowest BCUT2D eigenvalue weighted by Crippen LogP contribution is -2.46. The Labute approximate surface area is 210 Å². The number of carbonyl (C=O) groups is 1. The average Bonchev–Trinajstić information content (AvgIpc) is 3.40. The van der Waals surface area contributed by atoms with Crippen LogP contribution in [0.4, 0.5) is 23.2 Å². The molecular formula is C21H18ClF4N7O4. The second-order valence-corrected chi connectivity index (χ2v) is 8.15. The van der Waals surface area contributed by atoms with Gasteiger partial charge in [-0.15, -0.1) is 5.10 Å². The third kappa shape index (κ3) is 5.47. The number of nitrogens with one attached hydrogen (secondary N) is 1. The van der Waals surface area contributed by atoms with Gasteiger partial charge in [-0.3, -0.25) is 9.55 Å². The number of alkyl halides is 3. The van der Waals surface area contributed by atoms with E-state index in [1.807, 2.05) is 0 Å². The SMILES string of the molecule is COC(=O)C1=NC(Cn2nc(-c3ccc(Cl)cc3)n(C[C@H](O)C(F)(F)F)c2=O)NN1c1ccncc1F. The lowest BCUT2D eigenvalue weighted by atomic mass is 10.2. The summed E-state index contributed by atoms with van der Waals surface area (Å²) >= 11 is 5.88.